The molecule has 0 spiro atoms. The monoisotopic (exact) mass is 473 g/mol. The average molecular weight is 474 g/mol. The number of hydrogen-bond donors (Lipinski definition) is 0. The number of thioether (sulfide) groups is 1. The van der Waals surface area contributed by atoms with Crippen LogP contribution in [0.3, 0.4) is 0 Å². The van der Waals surface area contributed by atoms with Crippen molar-refractivity contribution in [3.63, 3.8) is 0 Å². The van der Waals surface area contributed by atoms with Gasteiger partial charge in [0, 0.05) is 16.3 Å². The zero-order chi connectivity index (χ0) is 22.9. The van der Waals surface area contributed by atoms with Crippen molar-refractivity contribution >= 4 is 51.7 Å². The fourth-order valence-electron chi connectivity index (χ4n) is 4.04. The number of carbonyl (C=O) groups excluding carboxylic acids is 1. The van der Waals surface area contributed by atoms with Gasteiger partial charge in [-0.05, 0) is 49.7 Å². The molecule has 1 aliphatic rings. The number of anilines is 2. The molecule has 1 unspecified atom stereocenters. The highest BCUT2D eigenvalue weighted by Gasteiger charge is 2.33. The lowest BCUT2D eigenvalue weighted by Gasteiger charge is -2.33. The van der Waals surface area contributed by atoms with E-state index in [0.29, 0.717) is 29.0 Å². The van der Waals surface area contributed by atoms with Gasteiger partial charge in [0.1, 0.15) is 0 Å². The van der Waals surface area contributed by atoms with Crippen molar-refractivity contribution in [2.24, 2.45) is 0 Å². The third-order valence-electron chi connectivity index (χ3n) is 5.69. The molecule has 1 aliphatic heterocycles. The molecule has 0 fully saturated rings. The van der Waals surface area contributed by atoms with Crippen LogP contribution in [-0.2, 0) is 11.3 Å². The second-order valence-corrected chi connectivity index (χ2v) is 9.94. The van der Waals surface area contributed by atoms with Crippen molar-refractivity contribution in [1.29, 1.82) is 0 Å². The number of aromatic nitrogens is 2. The number of hydrogen-bond acceptors (Lipinski definition) is 5. The summed E-state index contributed by atoms with van der Waals surface area (Å²) in [5, 5.41) is 0.786. The highest BCUT2D eigenvalue weighted by Crippen LogP contribution is 2.48. The maximum absolute atomic E-state index is 14.0. The fraction of sp³-hybridized carbons (Fsp3) is 0.192. The van der Waals surface area contributed by atoms with Crippen molar-refractivity contribution in [3.05, 3.63) is 83.2 Å². The molecule has 0 saturated heterocycles. The molecule has 166 valence electrons. The number of rotatable bonds is 5. The van der Waals surface area contributed by atoms with E-state index in [2.05, 4.69) is 0 Å². The van der Waals surface area contributed by atoms with Crippen LogP contribution in [0.4, 0.5) is 11.4 Å². The van der Waals surface area contributed by atoms with Crippen molar-refractivity contribution < 1.29 is 4.79 Å². The largest absolute Gasteiger partial charge is 0.287 e. The van der Waals surface area contributed by atoms with E-state index < -0.39 is 0 Å². The van der Waals surface area contributed by atoms with Gasteiger partial charge in [-0.1, -0.05) is 66.8 Å². The standard InChI is InChI=1S/C26H23N3O2S2/c1-3-21(33-26-27-18-12-6-5-11-17(18)24(30)28(26)4-2)25(31)29-19-13-7-9-15-22(19)32-23-16-10-8-14-20(23)29/h5-16,21H,3-4H2,1-2H3. The van der Waals surface area contributed by atoms with Crippen LogP contribution in [0.15, 0.2) is 92.5 Å². The number of nitrogens with zero attached hydrogens (tertiary/aromatic N) is 3. The lowest BCUT2D eigenvalue weighted by molar-refractivity contribution is -0.117. The zero-order valence-electron chi connectivity index (χ0n) is 18.4. The molecule has 0 radical (unpaired) electrons. The first kappa shape index (κ1) is 21.8. The quantitative estimate of drug-likeness (QED) is 0.258. The van der Waals surface area contributed by atoms with E-state index in [4.69, 9.17) is 4.98 Å². The maximum atomic E-state index is 14.0. The first-order valence-electron chi connectivity index (χ1n) is 11.0. The summed E-state index contributed by atoms with van der Waals surface area (Å²) in [5.41, 5.74) is 2.37. The van der Waals surface area contributed by atoms with Crippen LogP contribution in [0.1, 0.15) is 20.3 Å². The summed E-state index contributed by atoms with van der Waals surface area (Å²) in [6.45, 7) is 4.43. The van der Waals surface area contributed by atoms with Crippen molar-refractivity contribution in [1.82, 2.24) is 9.55 Å². The number of para-hydroxylation sites is 3. The van der Waals surface area contributed by atoms with E-state index >= 15 is 0 Å². The van der Waals surface area contributed by atoms with Gasteiger partial charge in [0.15, 0.2) is 5.16 Å². The lowest BCUT2D eigenvalue weighted by atomic mass is 10.2. The van der Waals surface area contributed by atoms with E-state index in [-0.39, 0.29) is 16.7 Å². The molecular formula is C26H23N3O2S2. The fourth-order valence-corrected chi connectivity index (χ4v) is 6.21. The van der Waals surface area contributed by atoms with Gasteiger partial charge in [-0.25, -0.2) is 4.98 Å². The Bertz CT molecular complexity index is 1370. The zero-order valence-corrected chi connectivity index (χ0v) is 20.0. The normalized spacial score (nSPS) is 13.5. The van der Waals surface area contributed by atoms with Crippen LogP contribution in [0, 0.1) is 0 Å². The summed E-state index contributed by atoms with van der Waals surface area (Å²) in [5.74, 6) is -0.00670. The number of amides is 1. The summed E-state index contributed by atoms with van der Waals surface area (Å²) in [7, 11) is 0. The smallest absolute Gasteiger partial charge is 0.262 e. The minimum absolute atomic E-state index is 0.00670. The summed E-state index contributed by atoms with van der Waals surface area (Å²) in [4.78, 5) is 35.8. The van der Waals surface area contributed by atoms with Crippen LogP contribution in [0.2, 0.25) is 0 Å². The number of benzene rings is 3. The molecule has 3 aromatic carbocycles. The van der Waals surface area contributed by atoms with Crippen LogP contribution in [-0.4, -0.2) is 20.7 Å². The molecule has 0 saturated carbocycles. The Kier molecular flexibility index (Phi) is 6.00. The van der Waals surface area contributed by atoms with Gasteiger partial charge in [-0.2, -0.15) is 0 Å². The molecule has 0 bridgehead atoms. The minimum Gasteiger partial charge on any atom is -0.287 e. The second kappa shape index (κ2) is 9.08. The second-order valence-electron chi connectivity index (χ2n) is 7.69. The highest BCUT2D eigenvalue weighted by molar-refractivity contribution is 8.00. The van der Waals surface area contributed by atoms with E-state index in [1.165, 1.54) is 11.8 Å². The van der Waals surface area contributed by atoms with Crippen LogP contribution < -0.4 is 10.5 Å². The summed E-state index contributed by atoms with van der Waals surface area (Å²) in [6.07, 6.45) is 0.615. The maximum Gasteiger partial charge on any atom is 0.262 e. The number of carbonyl (C=O) groups is 1. The molecule has 0 aliphatic carbocycles. The van der Waals surface area contributed by atoms with E-state index in [1.807, 2.05) is 85.5 Å². The number of fused-ring (bicyclic) bond motifs is 3. The van der Waals surface area contributed by atoms with Gasteiger partial charge >= 0.3 is 0 Å². The summed E-state index contributed by atoms with van der Waals surface area (Å²) >= 11 is 3.05. The van der Waals surface area contributed by atoms with Gasteiger partial charge in [0.2, 0.25) is 5.91 Å². The van der Waals surface area contributed by atoms with Gasteiger partial charge in [0.05, 0.1) is 27.5 Å². The SMILES string of the molecule is CCC(Sc1nc2ccccc2c(=O)n1CC)C(=O)N1c2ccccc2Sc2ccccc21. The molecule has 4 aromatic rings. The molecule has 1 atom stereocenters. The molecule has 5 rings (SSSR count). The van der Waals surface area contributed by atoms with Gasteiger partial charge in [-0.3, -0.25) is 19.1 Å². The third kappa shape index (κ3) is 3.85. The molecule has 7 heteroatoms. The summed E-state index contributed by atoms with van der Waals surface area (Å²) in [6, 6.07) is 23.3. The highest BCUT2D eigenvalue weighted by atomic mass is 32.2. The first-order chi connectivity index (χ1) is 16.1. The Labute approximate surface area is 200 Å². The van der Waals surface area contributed by atoms with Crippen molar-refractivity contribution in [2.75, 3.05) is 4.90 Å². The molecule has 1 amide bonds. The topological polar surface area (TPSA) is 55.2 Å². The van der Waals surface area contributed by atoms with Crippen LogP contribution in [0.5, 0.6) is 0 Å². The third-order valence-corrected chi connectivity index (χ3v) is 8.16. The Balaban J connectivity index is 1.57. The Morgan fingerprint density at radius 2 is 1.55 bits per heavy atom. The average Bonchev–Trinajstić information content (AvgIpc) is 2.85. The van der Waals surface area contributed by atoms with Gasteiger partial charge in [0.25, 0.3) is 5.56 Å². The van der Waals surface area contributed by atoms with Gasteiger partial charge < -0.3 is 0 Å². The molecule has 1 aromatic heterocycles. The van der Waals surface area contributed by atoms with E-state index in [9.17, 15) is 9.59 Å². The van der Waals surface area contributed by atoms with Crippen LogP contribution >= 0.6 is 23.5 Å². The molecule has 33 heavy (non-hydrogen) atoms. The van der Waals surface area contributed by atoms with E-state index in [0.717, 1.165) is 21.2 Å². The van der Waals surface area contributed by atoms with Crippen molar-refractivity contribution in [2.45, 2.75) is 47.0 Å². The molecule has 5 nitrogen and oxygen atoms in total. The predicted octanol–water partition coefficient (Wildman–Crippen LogP) is 6.12. The first-order valence-corrected chi connectivity index (χ1v) is 12.7. The Morgan fingerprint density at radius 3 is 2.18 bits per heavy atom. The minimum atomic E-state index is -0.389. The Hall–Kier alpha value is -3.03. The molecule has 0 N–H and O–H groups in total. The van der Waals surface area contributed by atoms with Crippen molar-refractivity contribution in [3.8, 4) is 0 Å². The van der Waals surface area contributed by atoms with E-state index in [1.54, 1.807) is 22.4 Å². The Morgan fingerprint density at radius 1 is 0.939 bits per heavy atom. The van der Waals surface area contributed by atoms with Crippen LogP contribution in [0.25, 0.3) is 10.9 Å². The summed E-state index contributed by atoms with van der Waals surface area (Å²) < 4.78 is 1.66. The molecular weight excluding hydrogens is 450 g/mol. The molecule has 2 heterocycles. The predicted molar refractivity (Wildman–Crippen MR) is 136 cm³/mol. The van der Waals surface area contributed by atoms with Gasteiger partial charge in [-0.15, -0.1) is 0 Å². The lowest BCUT2D eigenvalue weighted by Crippen LogP contribution is -2.36.